The van der Waals surface area contributed by atoms with Gasteiger partial charge >= 0.3 is 0 Å². The molecule has 0 radical (unpaired) electrons. The first-order chi connectivity index (χ1) is 11.6. The standard InChI is InChI=1S/C18H24N2O4/c1-3-24-12-17(21)19-9-14-10-20(18(22)16(14)11-19)8-13-4-6-15(23-2)7-5-13/h4-7,14,16H,3,8-12H2,1-2H3/t14-,16-/m0/s1. The summed E-state index contributed by atoms with van der Waals surface area (Å²) in [6, 6.07) is 7.78. The molecule has 2 heterocycles. The highest BCUT2D eigenvalue weighted by Crippen LogP contribution is 2.33. The van der Waals surface area contributed by atoms with Gasteiger partial charge in [0.25, 0.3) is 0 Å². The summed E-state index contributed by atoms with van der Waals surface area (Å²) in [4.78, 5) is 28.3. The van der Waals surface area contributed by atoms with E-state index in [-0.39, 0.29) is 30.3 Å². The van der Waals surface area contributed by atoms with Gasteiger partial charge in [-0.15, -0.1) is 0 Å². The highest BCUT2D eigenvalue weighted by Gasteiger charge is 2.47. The molecule has 2 saturated heterocycles. The smallest absolute Gasteiger partial charge is 0.248 e. The van der Waals surface area contributed by atoms with Crippen molar-refractivity contribution in [3.05, 3.63) is 29.8 Å². The lowest BCUT2D eigenvalue weighted by Gasteiger charge is -2.22. The number of fused-ring (bicyclic) bond motifs is 1. The Labute approximate surface area is 142 Å². The van der Waals surface area contributed by atoms with Gasteiger partial charge in [-0.25, -0.2) is 0 Å². The molecule has 2 aliphatic heterocycles. The summed E-state index contributed by atoms with van der Waals surface area (Å²) in [7, 11) is 1.64. The van der Waals surface area contributed by atoms with E-state index >= 15 is 0 Å². The number of nitrogens with zero attached hydrogens (tertiary/aromatic N) is 2. The highest BCUT2D eigenvalue weighted by molar-refractivity contribution is 5.84. The van der Waals surface area contributed by atoms with Gasteiger partial charge in [-0.3, -0.25) is 9.59 Å². The average molecular weight is 332 g/mol. The molecule has 130 valence electrons. The minimum atomic E-state index is -0.0613. The molecule has 1 aromatic carbocycles. The summed E-state index contributed by atoms with van der Waals surface area (Å²) >= 11 is 0. The van der Waals surface area contributed by atoms with E-state index < -0.39 is 0 Å². The number of rotatable bonds is 6. The van der Waals surface area contributed by atoms with Gasteiger partial charge in [0.15, 0.2) is 0 Å². The molecule has 0 aromatic heterocycles. The van der Waals surface area contributed by atoms with E-state index in [9.17, 15) is 9.59 Å². The third-order valence-corrected chi connectivity index (χ3v) is 4.84. The first kappa shape index (κ1) is 16.8. The third kappa shape index (κ3) is 3.38. The van der Waals surface area contributed by atoms with E-state index in [1.54, 1.807) is 12.0 Å². The van der Waals surface area contributed by atoms with Crippen molar-refractivity contribution in [2.75, 3.05) is 40.0 Å². The van der Waals surface area contributed by atoms with Crippen molar-refractivity contribution < 1.29 is 19.1 Å². The third-order valence-electron chi connectivity index (χ3n) is 4.84. The van der Waals surface area contributed by atoms with Crippen LogP contribution in [0.15, 0.2) is 24.3 Å². The summed E-state index contributed by atoms with van der Waals surface area (Å²) in [5.41, 5.74) is 1.09. The van der Waals surface area contributed by atoms with E-state index in [1.165, 1.54) is 0 Å². The van der Waals surface area contributed by atoms with Crippen molar-refractivity contribution in [1.29, 1.82) is 0 Å². The van der Waals surface area contributed by atoms with Crippen molar-refractivity contribution >= 4 is 11.8 Å². The van der Waals surface area contributed by atoms with Crippen LogP contribution in [-0.2, 0) is 20.9 Å². The van der Waals surface area contributed by atoms with Crippen molar-refractivity contribution in [3.63, 3.8) is 0 Å². The van der Waals surface area contributed by atoms with E-state index in [1.807, 2.05) is 36.1 Å². The Morgan fingerprint density at radius 2 is 1.96 bits per heavy atom. The van der Waals surface area contributed by atoms with E-state index in [0.29, 0.717) is 32.8 Å². The zero-order valence-electron chi connectivity index (χ0n) is 14.2. The Morgan fingerprint density at radius 3 is 2.58 bits per heavy atom. The summed E-state index contributed by atoms with van der Waals surface area (Å²) < 4.78 is 10.3. The zero-order chi connectivity index (χ0) is 17.1. The maximum Gasteiger partial charge on any atom is 0.248 e. The molecule has 0 unspecified atom stereocenters. The fourth-order valence-corrected chi connectivity index (χ4v) is 3.52. The predicted molar refractivity (Wildman–Crippen MR) is 88.5 cm³/mol. The van der Waals surface area contributed by atoms with Gasteiger partial charge in [0.1, 0.15) is 12.4 Å². The second-order valence-electron chi connectivity index (χ2n) is 6.37. The molecule has 0 aliphatic carbocycles. The lowest BCUT2D eigenvalue weighted by Crippen LogP contribution is -2.37. The number of carbonyl (C=O) groups is 2. The zero-order valence-corrected chi connectivity index (χ0v) is 14.2. The van der Waals surface area contributed by atoms with E-state index in [4.69, 9.17) is 9.47 Å². The lowest BCUT2D eigenvalue weighted by molar-refractivity contribution is -0.136. The molecule has 6 nitrogen and oxygen atoms in total. The van der Waals surface area contributed by atoms with Crippen LogP contribution < -0.4 is 4.74 Å². The average Bonchev–Trinajstić information content (AvgIpc) is 3.14. The number of methoxy groups -OCH3 is 1. The number of amides is 2. The fraction of sp³-hybridized carbons (Fsp3) is 0.556. The predicted octanol–water partition coefficient (Wildman–Crippen LogP) is 1.15. The normalized spacial score (nSPS) is 22.8. The van der Waals surface area contributed by atoms with Crippen LogP contribution in [0, 0.1) is 11.8 Å². The quantitative estimate of drug-likeness (QED) is 0.784. The number of hydrogen-bond acceptors (Lipinski definition) is 4. The number of ether oxygens (including phenoxy) is 2. The monoisotopic (exact) mass is 332 g/mol. The Morgan fingerprint density at radius 1 is 1.21 bits per heavy atom. The molecule has 3 rings (SSSR count). The molecule has 0 spiro atoms. The first-order valence-electron chi connectivity index (χ1n) is 8.39. The summed E-state index contributed by atoms with van der Waals surface area (Å²) in [6.07, 6.45) is 0. The molecule has 2 atom stereocenters. The molecular formula is C18H24N2O4. The highest BCUT2D eigenvalue weighted by atomic mass is 16.5. The fourth-order valence-electron chi connectivity index (χ4n) is 3.52. The largest absolute Gasteiger partial charge is 0.497 e. The van der Waals surface area contributed by atoms with E-state index in [0.717, 1.165) is 11.3 Å². The summed E-state index contributed by atoms with van der Waals surface area (Å²) in [5, 5.41) is 0. The minimum absolute atomic E-state index is 0.0132. The van der Waals surface area contributed by atoms with Crippen LogP contribution in [0.25, 0.3) is 0 Å². The lowest BCUT2D eigenvalue weighted by atomic mass is 10.0. The second-order valence-corrected chi connectivity index (χ2v) is 6.37. The van der Waals surface area contributed by atoms with Crippen LogP contribution in [0.2, 0.25) is 0 Å². The first-order valence-corrected chi connectivity index (χ1v) is 8.39. The Balaban J connectivity index is 1.56. The van der Waals surface area contributed by atoms with E-state index in [2.05, 4.69) is 0 Å². The number of hydrogen-bond donors (Lipinski definition) is 0. The van der Waals surface area contributed by atoms with Gasteiger partial charge in [0, 0.05) is 38.7 Å². The molecule has 2 amide bonds. The summed E-state index contributed by atoms with van der Waals surface area (Å²) in [5.74, 6) is 1.13. The molecule has 0 bridgehead atoms. The Kier molecular flexibility index (Phi) is 5.04. The summed E-state index contributed by atoms with van der Waals surface area (Å²) in [6.45, 7) is 5.01. The SMILES string of the molecule is CCOCC(=O)N1C[C@H]2CN(Cc3ccc(OC)cc3)C(=O)[C@H]2C1. The van der Waals surface area contributed by atoms with Crippen molar-refractivity contribution in [1.82, 2.24) is 9.80 Å². The molecule has 6 heteroatoms. The van der Waals surface area contributed by atoms with Gasteiger partial charge in [0.2, 0.25) is 11.8 Å². The number of likely N-dealkylation sites (tertiary alicyclic amines) is 2. The molecular weight excluding hydrogens is 308 g/mol. The van der Waals surface area contributed by atoms with Gasteiger partial charge in [-0.1, -0.05) is 12.1 Å². The Bertz CT molecular complexity index is 602. The van der Waals surface area contributed by atoms with Crippen LogP contribution in [0.5, 0.6) is 5.75 Å². The molecule has 2 aliphatic rings. The molecule has 1 aromatic rings. The van der Waals surface area contributed by atoms with Crippen LogP contribution in [0.3, 0.4) is 0 Å². The van der Waals surface area contributed by atoms with Crippen molar-refractivity contribution in [2.45, 2.75) is 13.5 Å². The van der Waals surface area contributed by atoms with Crippen molar-refractivity contribution in [2.24, 2.45) is 11.8 Å². The molecule has 24 heavy (non-hydrogen) atoms. The topological polar surface area (TPSA) is 59.1 Å². The van der Waals surface area contributed by atoms with Crippen molar-refractivity contribution in [3.8, 4) is 5.75 Å². The van der Waals surface area contributed by atoms with Gasteiger partial charge in [-0.05, 0) is 24.6 Å². The van der Waals surface area contributed by atoms with Crippen LogP contribution in [-0.4, -0.2) is 61.6 Å². The maximum absolute atomic E-state index is 12.6. The van der Waals surface area contributed by atoms with Crippen LogP contribution in [0.1, 0.15) is 12.5 Å². The maximum atomic E-state index is 12.6. The molecule has 0 N–H and O–H groups in total. The minimum Gasteiger partial charge on any atom is -0.497 e. The van der Waals surface area contributed by atoms with Gasteiger partial charge in [0.05, 0.1) is 13.0 Å². The number of benzene rings is 1. The Hall–Kier alpha value is -2.08. The van der Waals surface area contributed by atoms with Gasteiger partial charge in [-0.2, -0.15) is 0 Å². The van der Waals surface area contributed by atoms with Crippen LogP contribution >= 0.6 is 0 Å². The second kappa shape index (κ2) is 7.21. The molecule has 0 saturated carbocycles. The van der Waals surface area contributed by atoms with Gasteiger partial charge < -0.3 is 19.3 Å². The number of carbonyl (C=O) groups excluding carboxylic acids is 2. The van der Waals surface area contributed by atoms with Crippen LogP contribution in [0.4, 0.5) is 0 Å². The molecule has 2 fully saturated rings.